The van der Waals surface area contributed by atoms with E-state index in [2.05, 4.69) is 17.0 Å². The number of carboxylic acids is 1. The highest BCUT2D eigenvalue weighted by Gasteiger charge is 2.22. The second-order valence-corrected chi connectivity index (χ2v) is 7.97. The molecule has 1 fully saturated rings. The summed E-state index contributed by atoms with van der Waals surface area (Å²) in [7, 11) is 0. The number of halogens is 1. The predicted molar refractivity (Wildman–Crippen MR) is 106 cm³/mol. The van der Waals surface area contributed by atoms with Gasteiger partial charge in [-0.1, -0.05) is 41.9 Å². The molecular weight excluding hydrogens is 370 g/mol. The highest BCUT2D eigenvalue weighted by molar-refractivity contribution is 7.99. The minimum atomic E-state index is -0.736. The summed E-state index contributed by atoms with van der Waals surface area (Å²) in [6, 6.07) is 15.8. The van der Waals surface area contributed by atoms with Crippen molar-refractivity contribution in [2.75, 3.05) is 25.4 Å². The Morgan fingerprint density at radius 3 is 2.73 bits per heavy atom. The smallest absolute Gasteiger partial charge is 0.304 e. The molecule has 0 saturated carbocycles. The van der Waals surface area contributed by atoms with Crippen molar-refractivity contribution in [1.82, 2.24) is 4.90 Å². The van der Waals surface area contributed by atoms with Crippen molar-refractivity contribution in [3.05, 3.63) is 64.7 Å². The molecule has 1 N–H and O–H groups in total. The Labute approximate surface area is 163 Å². The zero-order valence-corrected chi connectivity index (χ0v) is 16.0. The van der Waals surface area contributed by atoms with Gasteiger partial charge in [0.1, 0.15) is 12.4 Å². The summed E-state index contributed by atoms with van der Waals surface area (Å²) in [5.41, 5.74) is 2.22. The van der Waals surface area contributed by atoms with Gasteiger partial charge in [0.15, 0.2) is 0 Å². The lowest BCUT2D eigenvalue weighted by atomic mass is 10.1. The third-order valence-corrected chi connectivity index (χ3v) is 6.01. The second kappa shape index (κ2) is 9.31. The van der Waals surface area contributed by atoms with E-state index in [1.165, 1.54) is 5.56 Å². The van der Waals surface area contributed by atoms with E-state index in [1.807, 2.05) is 48.2 Å². The number of benzene rings is 2. The van der Waals surface area contributed by atoms with Crippen molar-refractivity contribution in [2.24, 2.45) is 0 Å². The molecule has 0 spiro atoms. The summed E-state index contributed by atoms with van der Waals surface area (Å²) in [5.74, 6) is 1.10. The van der Waals surface area contributed by atoms with Crippen LogP contribution in [0.15, 0.2) is 48.5 Å². The third-order valence-electron chi connectivity index (χ3n) is 4.40. The molecule has 2 aromatic rings. The molecule has 1 heterocycles. The van der Waals surface area contributed by atoms with E-state index >= 15 is 0 Å². The van der Waals surface area contributed by atoms with Crippen molar-refractivity contribution < 1.29 is 14.6 Å². The van der Waals surface area contributed by atoms with Gasteiger partial charge in [0.05, 0.1) is 6.42 Å². The number of thioether (sulfide) groups is 1. The normalized spacial score (nSPS) is 17.8. The lowest BCUT2D eigenvalue weighted by molar-refractivity contribution is -0.137. The van der Waals surface area contributed by atoms with E-state index in [-0.39, 0.29) is 6.42 Å². The van der Waals surface area contributed by atoms with Crippen LogP contribution in [0, 0.1) is 0 Å². The van der Waals surface area contributed by atoms with Gasteiger partial charge in [-0.2, -0.15) is 11.8 Å². The van der Waals surface area contributed by atoms with Crippen LogP contribution in [0.5, 0.6) is 5.75 Å². The van der Waals surface area contributed by atoms with Crippen molar-refractivity contribution in [1.29, 1.82) is 0 Å². The highest BCUT2D eigenvalue weighted by Crippen LogP contribution is 2.34. The Morgan fingerprint density at radius 1 is 1.23 bits per heavy atom. The van der Waals surface area contributed by atoms with Crippen LogP contribution in [-0.2, 0) is 11.4 Å². The fourth-order valence-corrected chi connectivity index (χ4v) is 4.42. The topological polar surface area (TPSA) is 49.8 Å². The molecule has 1 aliphatic rings. The maximum absolute atomic E-state index is 10.8. The summed E-state index contributed by atoms with van der Waals surface area (Å²) in [6.07, 6.45) is 0.201. The molecule has 0 aromatic heterocycles. The zero-order valence-electron chi connectivity index (χ0n) is 14.4. The Morgan fingerprint density at radius 2 is 2.00 bits per heavy atom. The first-order valence-electron chi connectivity index (χ1n) is 8.64. The van der Waals surface area contributed by atoms with Gasteiger partial charge in [-0.15, -0.1) is 0 Å². The molecule has 0 amide bonds. The van der Waals surface area contributed by atoms with Gasteiger partial charge in [-0.05, 0) is 23.8 Å². The summed E-state index contributed by atoms with van der Waals surface area (Å²) in [5, 5.41) is 9.94. The number of nitrogens with zero attached hydrogens (tertiary/aromatic N) is 1. The van der Waals surface area contributed by atoms with E-state index in [0.29, 0.717) is 23.4 Å². The molecule has 1 atom stereocenters. The minimum absolute atomic E-state index is 0.201. The van der Waals surface area contributed by atoms with E-state index in [1.54, 1.807) is 0 Å². The molecule has 0 aliphatic carbocycles. The largest absolute Gasteiger partial charge is 0.489 e. The molecule has 3 rings (SSSR count). The first-order valence-corrected chi connectivity index (χ1v) is 10.1. The van der Waals surface area contributed by atoms with Crippen LogP contribution < -0.4 is 4.74 Å². The summed E-state index contributed by atoms with van der Waals surface area (Å²) in [4.78, 5) is 13.0. The average molecular weight is 392 g/mol. The van der Waals surface area contributed by atoms with Gasteiger partial charge in [0.25, 0.3) is 0 Å². The Hall–Kier alpha value is -1.69. The molecule has 1 unspecified atom stereocenters. The van der Waals surface area contributed by atoms with E-state index in [4.69, 9.17) is 21.4 Å². The molecule has 0 bridgehead atoms. The van der Waals surface area contributed by atoms with Gasteiger partial charge in [-0.25, -0.2) is 0 Å². The molecule has 1 saturated heterocycles. The van der Waals surface area contributed by atoms with Gasteiger partial charge < -0.3 is 14.7 Å². The number of ether oxygens (including phenoxy) is 1. The molecule has 26 heavy (non-hydrogen) atoms. The lowest BCUT2D eigenvalue weighted by Gasteiger charge is -2.32. The van der Waals surface area contributed by atoms with Gasteiger partial charge >= 0.3 is 5.97 Å². The predicted octanol–water partition coefficient (Wildman–Crippen LogP) is 4.48. The zero-order chi connectivity index (χ0) is 18.4. The van der Waals surface area contributed by atoms with Crippen LogP contribution in [0.25, 0.3) is 0 Å². The van der Waals surface area contributed by atoms with Gasteiger partial charge in [0.2, 0.25) is 0 Å². The molecule has 6 heteroatoms. The highest BCUT2D eigenvalue weighted by atomic mass is 35.5. The average Bonchev–Trinajstić information content (AvgIpc) is 2.66. The maximum atomic E-state index is 10.8. The molecule has 2 aromatic carbocycles. The monoisotopic (exact) mass is 391 g/mol. The number of hydrogen-bond donors (Lipinski definition) is 1. The second-order valence-electron chi connectivity index (χ2n) is 6.25. The Balaban J connectivity index is 1.55. The van der Waals surface area contributed by atoms with Crippen LogP contribution in [0.2, 0.25) is 5.02 Å². The molecule has 138 valence electrons. The minimum Gasteiger partial charge on any atom is -0.489 e. The number of carbonyl (C=O) groups is 1. The van der Waals surface area contributed by atoms with Crippen molar-refractivity contribution in [3.63, 3.8) is 0 Å². The van der Waals surface area contributed by atoms with Crippen molar-refractivity contribution >= 4 is 29.3 Å². The van der Waals surface area contributed by atoms with Crippen molar-refractivity contribution in [2.45, 2.75) is 18.3 Å². The molecule has 4 nitrogen and oxygen atoms in total. The van der Waals surface area contributed by atoms with Crippen LogP contribution in [0.3, 0.4) is 0 Å². The van der Waals surface area contributed by atoms with Gasteiger partial charge in [0, 0.05) is 41.2 Å². The first-order chi connectivity index (χ1) is 12.6. The van der Waals surface area contributed by atoms with E-state index in [0.717, 1.165) is 30.2 Å². The molecule has 0 radical (unpaired) electrons. The quantitative estimate of drug-likeness (QED) is 0.753. The fourth-order valence-electron chi connectivity index (χ4n) is 2.92. The Kier molecular flexibility index (Phi) is 6.83. The van der Waals surface area contributed by atoms with Crippen LogP contribution >= 0.6 is 23.4 Å². The summed E-state index contributed by atoms with van der Waals surface area (Å²) < 4.78 is 5.83. The summed E-state index contributed by atoms with van der Waals surface area (Å²) >= 11 is 8.08. The Bertz CT molecular complexity index is 738. The standard InChI is InChI=1S/C20H22ClNO3S/c21-18-4-2-1-3-16(18)14-25-17-7-5-15(6-8-17)19-13-22(11-12-26-19)10-9-20(23)24/h1-8,19H,9-14H2,(H,23,24). The fraction of sp³-hybridized carbons (Fsp3) is 0.350. The number of hydrogen-bond acceptors (Lipinski definition) is 4. The molecular formula is C20H22ClNO3S. The number of carboxylic acid groups (broad SMARTS) is 1. The number of rotatable bonds is 7. The first kappa shape index (κ1) is 19.1. The lowest BCUT2D eigenvalue weighted by Crippen LogP contribution is -2.35. The third kappa shape index (κ3) is 5.40. The SMILES string of the molecule is O=C(O)CCN1CCSC(c2ccc(OCc3ccccc3Cl)cc2)C1. The van der Waals surface area contributed by atoms with Crippen molar-refractivity contribution in [3.8, 4) is 5.75 Å². The molecule has 1 aliphatic heterocycles. The number of aliphatic carboxylic acids is 1. The van der Waals surface area contributed by atoms with E-state index < -0.39 is 5.97 Å². The summed E-state index contributed by atoms with van der Waals surface area (Å²) in [6.45, 7) is 2.90. The van der Waals surface area contributed by atoms with Crippen LogP contribution in [-0.4, -0.2) is 41.4 Å². The van der Waals surface area contributed by atoms with E-state index in [9.17, 15) is 4.79 Å². The van der Waals surface area contributed by atoms with Crippen LogP contribution in [0.1, 0.15) is 22.8 Å². The van der Waals surface area contributed by atoms with Crippen LogP contribution in [0.4, 0.5) is 0 Å². The van der Waals surface area contributed by atoms with Gasteiger partial charge in [-0.3, -0.25) is 4.79 Å². The maximum Gasteiger partial charge on any atom is 0.304 e.